The molecule has 1 N–H and O–H groups in total. The van der Waals surface area contributed by atoms with Crippen molar-refractivity contribution in [3.8, 4) is 0 Å². The molecule has 114 valence electrons. The van der Waals surface area contributed by atoms with Crippen LogP contribution in [0, 0.1) is 10.1 Å². The molecule has 1 amide bonds. The van der Waals surface area contributed by atoms with Crippen molar-refractivity contribution in [1.82, 2.24) is 5.32 Å². The van der Waals surface area contributed by atoms with Crippen molar-refractivity contribution in [3.63, 3.8) is 0 Å². The summed E-state index contributed by atoms with van der Waals surface area (Å²) in [5.74, 6) is 0.185. The number of amides is 1. The number of nitro benzene ring substituents is 1. The van der Waals surface area contributed by atoms with Gasteiger partial charge in [0.2, 0.25) is 0 Å². The number of carbonyl (C=O) groups excluding carboxylic acids is 1. The molecule has 0 spiro atoms. The summed E-state index contributed by atoms with van der Waals surface area (Å²) in [5, 5.41) is 13.4. The smallest absolute Gasteiger partial charge is 0.269 e. The predicted octanol–water partition coefficient (Wildman–Crippen LogP) is 3.31. The van der Waals surface area contributed by atoms with Gasteiger partial charge in [-0.05, 0) is 29.7 Å². The van der Waals surface area contributed by atoms with E-state index in [0.29, 0.717) is 24.4 Å². The summed E-state index contributed by atoms with van der Waals surface area (Å²) in [7, 11) is 0. The van der Waals surface area contributed by atoms with Crippen molar-refractivity contribution in [2.75, 3.05) is 6.54 Å². The highest BCUT2D eigenvalue weighted by atomic mass is 35.5. The first-order valence-electron chi connectivity index (χ1n) is 6.77. The highest BCUT2D eigenvalue weighted by Crippen LogP contribution is 2.13. The summed E-state index contributed by atoms with van der Waals surface area (Å²) in [5.41, 5.74) is 2.51. The molecule has 0 aromatic heterocycles. The van der Waals surface area contributed by atoms with Crippen molar-refractivity contribution in [3.05, 3.63) is 75.3 Å². The largest absolute Gasteiger partial charge is 0.352 e. The van der Waals surface area contributed by atoms with E-state index < -0.39 is 4.92 Å². The van der Waals surface area contributed by atoms with Gasteiger partial charge in [-0.3, -0.25) is 14.9 Å². The zero-order valence-electron chi connectivity index (χ0n) is 11.8. The first-order chi connectivity index (χ1) is 10.6. The molecule has 0 bridgehead atoms. The molecular weight excluding hydrogens is 304 g/mol. The van der Waals surface area contributed by atoms with E-state index in [1.807, 2.05) is 24.3 Å². The molecule has 22 heavy (non-hydrogen) atoms. The molecule has 0 saturated carbocycles. The highest BCUT2D eigenvalue weighted by molar-refractivity contribution is 6.17. The van der Waals surface area contributed by atoms with E-state index in [2.05, 4.69) is 5.32 Å². The normalized spacial score (nSPS) is 10.2. The number of carbonyl (C=O) groups is 1. The van der Waals surface area contributed by atoms with Crippen LogP contribution in [-0.4, -0.2) is 17.4 Å². The fraction of sp³-hybridized carbons (Fsp3) is 0.188. The van der Waals surface area contributed by atoms with Crippen molar-refractivity contribution < 1.29 is 9.72 Å². The first kappa shape index (κ1) is 16.0. The minimum Gasteiger partial charge on any atom is -0.352 e. The van der Waals surface area contributed by atoms with Crippen LogP contribution in [0.3, 0.4) is 0 Å². The number of nitrogens with one attached hydrogen (secondary N) is 1. The Morgan fingerprint density at radius 1 is 1.09 bits per heavy atom. The first-order valence-corrected chi connectivity index (χ1v) is 7.30. The van der Waals surface area contributed by atoms with Crippen LogP contribution in [0.2, 0.25) is 0 Å². The highest BCUT2D eigenvalue weighted by Gasteiger charge is 2.09. The molecule has 0 aliphatic carbocycles. The molecule has 0 radical (unpaired) electrons. The van der Waals surface area contributed by atoms with E-state index in [-0.39, 0.29) is 11.6 Å². The zero-order chi connectivity index (χ0) is 15.9. The molecule has 0 aliphatic heterocycles. The lowest BCUT2D eigenvalue weighted by Crippen LogP contribution is -2.25. The molecule has 0 saturated heterocycles. The van der Waals surface area contributed by atoms with E-state index in [0.717, 1.165) is 11.1 Å². The van der Waals surface area contributed by atoms with Gasteiger partial charge in [-0.2, -0.15) is 0 Å². The maximum Gasteiger partial charge on any atom is 0.269 e. The van der Waals surface area contributed by atoms with Gasteiger partial charge in [-0.1, -0.05) is 24.3 Å². The molecule has 0 fully saturated rings. The minimum atomic E-state index is -0.495. The summed E-state index contributed by atoms with van der Waals surface area (Å²) in [6.45, 7) is 0.476. The third kappa shape index (κ3) is 4.05. The summed E-state index contributed by atoms with van der Waals surface area (Å²) < 4.78 is 0. The van der Waals surface area contributed by atoms with E-state index in [4.69, 9.17) is 11.6 Å². The van der Waals surface area contributed by atoms with Crippen LogP contribution < -0.4 is 5.32 Å². The van der Waals surface area contributed by atoms with Gasteiger partial charge in [0, 0.05) is 30.1 Å². The number of hydrogen-bond donors (Lipinski definition) is 1. The Hall–Kier alpha value is -2.40. The average Bonchev–Trinajstić information content (AvgIpc) is 2.55. The van der Waals surface area contributed by atoms with Gasteiger partial charge >= 0.3 is 0 Å². The number of rotatable bonds is 6. The molecule has 0 aliphatic rings. The van der Waals surface area contributed by atoms with E-state index >= 15 is 0 Å². The minimum absolute atomic E-state index is 0.0346. The summed E-state index contributed by atoms with van der Waals surface area (Å²) in [6.07, 6.45) is 0.682. The number of non-ortho nitro benzene ring substituents is 1. The number of alkyl halides is 1. The lowest BCUT2D eigenvalue weighted by Gasteiger charge is -2.08. The van der Waals surface area contributed by atoms with Crippen molar-refractivity contribution in [1.29, 1.82) is 0 Å². The lowest BCUT2D eigenvalue weighted by atomic mass is 10.1. The molecule has 0 atom stereocenters. The standard InChI is InChI=1S/C16H15ClN2O3/c17-11-14-4-2-1-3-12(14)9-10-18-16(20)13-5-7-15(8-6-13)19(21)22/h1-8H,9-11H2,(H,18,20). The van der Waals surface area contributed by atoms with Crippen LogP contribution in [0.1, 0.15) is 21.5 Å². The summed E-state index contributed by atoms with van der Waals surface area (Å²) in [4.78, 5) is 22.0. The fourth-order valence-corrected chi connectivity index (χ4v) is 2.34. The van der Waals surface area contributed by atoms with E-state index in [9.17, 15) is 14.9 Å². The second kappa shape index (κ2) is 7.56. The second-order valence-corrected chi connectivity index (χ2v) is 4.98. The Morgan fingerprint density at radius 3 is 2.32 bits per heavy atom. The Labute approximate surface area is 133 Å². The van der Waals surface area contributed by atoms with Gasteiger partial charge in [0.15, 0.2) is 0 Å². The Morgan fingerprint density at radius 2 is 1.73 bits per heavy atom. The summed E-state index contributed by atoms with van der Waals surface area (Å²) >= 11 is 5.87. The molecule has 2 aromatic carbocycles. The molecule has 6 heteroatoms. The van der Waals surface area contributed by atoms with Crippen LogP contribution >= 0.6 is 11.6 Å². The van der Waals surface area contributed by atoms with E-state index in [1.54, 1.807) is 0 Å². The molecule has 0 heterocycles. The summed E-state index contributed by atoms with van der Waals surface area (Å²) in [6, 6.07) is 13.3. The zero-order valence-corrected chi connectivity index (χ0v) is 12.5. The number of benzene rings is 2. The van der Waals surface area contributed by atoms with Gasteiger partial charge in [-0.25, -0.2) is 0 Å². The Kier molecular flexibility index (Phi) is 5.49. The van der Waals surface area contributed by atoms with Gasteiger partial charge < -0.3 is 5.32 Å². The third-order valence-corrected chi connectivity index (χ3v) is 3.57. The fourth-order valence-electron chi connectivity index (χ4n) is 2.08. The van der Waals surface area contributed by atoms with Crippen LogP contribution in [0.15, 0.2) is 48.5 Å². The van der Waals surface area contributed by atoms with Crippen LogP contribution in [-0.2, 0) is 12.3 Å². The van der Waals surface area contributed by atoms with Gasteiger partial charge in [0.05, 0.1) is 4.92 Å². The van der Waals surface area contributed by atoms with Crippen LogP contribution in [0.4, 0.5) is 5.69 Å². The van der Waals surface area contributed by atoms with Gasteiger partial charge in [0.25, 0.3) is 11.6 Å². The maximum atomic E-state index is 12.0. The number of nitro groups is 1. The van der Waals surface area contributed by atoms with Crippen LogP contribution in [0.25, 0.3) is 0 Å². The van der Waals surface area contributed by atoms with Crippen molar-refractivity contribution >= 4 is 23.2 Å². The number of halogens is 1. The number of hydrogen-bond acceptors (Lipinski definition) is 3. The Bertz CT molecular complexity index is 671. The van der Waals surface area contributed by atoms with Crippen molar-refractivity contribution in [2.45, 2.75) is 12.3 Å². The molecule has 2 rings (SSSR count). The predicted molar refractivity (Wildman–Crippen MR) is 85.1 cm³/mol. The number of nitrogens with zero attached hydrogens (tertiary/aromatic N) is 1. The van der Waals surface area contributed by atoms with Gasteiger partial charge in [-0.15, -0.1) is 11.6 Å². The van der Waals surface area contributed by atoms with Crippen molar-refractivity contribution in [2.24, 2.45) is 0 Å². The van der Waals surface area contributed by atoms with Gasteiger partial charge in [0.1, 0.15) is 0 Å². The SMILES string of the molecule is O=C(NCCc1ccccc1CCl)c1ccc([N+](=O)[O-])cc1. The lowest BCUT2D eigenvalue weighted by molar-refractivity contribution is -0.384. The molecule has 0 unspecified atom stereocenters. The maximum absolute atomic E-state index is 12.0. The van der Waals surface area contributed by atoms with Crippen LogP contribution in [0.5, 0.6) is 0 Å². The average molecular weight is 319 g/mol. The topological polar surface area (TPSA) is 72.2 Å². The molecular formula is C16H15ClN2O3. The van der Waals surface area contributed by atoms with E-state index in [1.165, 1.54) is 24.3 Å². The second-order valence-electron chi connectivity index (χ2n) is 4.71. The molecule has 2 aromatic rings. The molecule has 5 nitrogen and oxygen atoms in total. The monoisotopic (exact) mass is 318 g/mol. The quantitative estimate of drug-likeness (QED) is 0.504. The third-order valence-electron chi connectivity index (χ3n) is 3.28. The Balaban J connectivity index is 1.91.